The van der Waals surface area contributed by atoms with Crippen molar-refractivity contribution in [3.8, 4) is 0 Å². The molecule has 4 nitrogen and oxygen atoms in total. The molecule has 1 aromatic heterocycles. The summed E-state index contributed by atoms with van der Waals surface area (Å²) >= 11 is 0. The van der Waals surface area contributed by atoms with E-state index in [1.165, 1.54) is 5.56 Å². The Bertz CT molecular complexity index is 941. The van der Waals surface area contributed by atoms with Crippen LogP contribution in [0.3, 0.4) is 0 Å². The van der Waals surface area contributed by atoms with Gasteiger partial charge in [0.2, 0.25) is 0 Å². The summed E-state index contributed by atoms with van der Waals surface area (Å²) in [6.45, 7) is 2.01. The van der Waals surface area contributed by atoms with E-state index in [0.717, 1.165) is 23.3 Å². The fraction of sp³-hybridized carbons (Fsp3) is 0.167. The number of nitrogens with zero attached hydrogens (tertiary/aromatic N) is 3. The van der Waals surface area contributed by atoms with Gasteiger partial charge in [0.15, 0.2) is 0 Å². The van der Waals surface area contributed by atoms with Crippen LogP contribution in [0.2, 0.25) is 0 Å². The predicted octanol–water partition coefficient (Wildman–Crippen LogP) is 3.29. The molecular weight excluding hydrogens is 274 g/mol. The monoisotopic (exact) mass is 289 g/mol. The lowest BCUT2D eigenvalue weighted by Crippen LogP contribution is -2.26. The molecule has 4 rings (SSSR count). The smallest absolute Gasteiger partial charge is 0.267 e. The minimum atomic E-state index is -0.229. The molecule has 3 aromatic rings. The van der Waals surface area contributed by atoms with E-state index >= 15 is 0 Å². The van der Waals surface area contributed by atoms with Gasteiger partial charge in [-0.1, -0.05) is 42.5 Å². The number of hydrogen-bond acceptors (Lipinski definition) is 3. The van der Waals surface area contributed by atoms with Gasteiger partial charge in [-0.25, -0.2) is 9.79 Å². The zero-order chi connectivity index (χ0) is 15.1. The van der Waals surface area contributed by atoms with Crippen LogP contribution in [0.5, 0.6) is 0 Å². The number of aliphatic imine (C=N–C) groups is 1. The molecular formula is C18H15N3O. The summed E-state index contributed by atoms with van der Waals surface area (Å²) in [5.74, 6) is 0.731. The molecule has 1 unspecified atom stereocenters. The molecule has 0 spiro atoms. The third-order valence-electron chi connectivity index (χ3n) is 4.14. The number of fused-ring (bicyclic) bond motifs is 3. The van der Waals surface area contributed by atoms with Crippen molar-refractivity contribution in [3.63, 3.8) is 0 Å². The Morgan fingerprint density at radius 2 is 1.77 bits per heavy atom. The predicted molar refractivity (Wildman–Crippen MR) is 88.0 cm³/mol. The third-order valence-corrected chi connectivity index (χ3v) is 4.14. The summed E-state index contributed by atoms with van der Waals surface area (Å²) < 4.78 is 1.70. The maximum atomic E-state index is 12.3. The summed E-state index contributed by atoms with van der Waals surface area (Å²) in [6, 6.07) is 17.8. The standard InChI is InChI=1S/C18H15N3O/c1-12-16(11-13-7-3-2-4-8-13)19-17-14-9-5-6-10-15(14)20-18(22)21(12)17/h2-10,12H,11H2,1H3. The van der Waals surface area contributed by atoms with E-state index in [-0.39, 0.29) is 11.7 Å². The largest absolute Gasteiger partial charge is 0.350 e. The molecule has 2 aromatic carbocycles. The van der Waals surface area contributed by atoms with E-state index in [0.29, 0.717) is 5.52 Å². The molecule has 0 aliphatic carbocycles. The topological polar surface area (TPSA) is 47.2 Å². The molecule has 0 saturated heterocycles. The van der Waals surface area contributed by atoms with E-state index in [2.05, 4.69) is 17.1 Å². The Morgan fingerprint density at radius 3 is 2.59 bits per heavy atom. The maximum absolute atomic E-state index is 12.3. The first-order valence-electron chi connectivity index (χ1n) is 7.37. The lowest BCUT2D eigenvalue weighted by molar-refractivity contribution is 0.676. The van der Waals surface area contributed by atoms with Crippen molar-refractivity contribution < 1.29 is 0 Å². The lowest BCUT2D eigenvalue weighted by Gasteiger charge is -2.11. The molecule has 0 saturated carbocycles. The van der Waals surface area contributed by atoms with Gasteiger partial charge in [0.05, 0.1) is 11.6 Å². The maximum Gasteiger partial charge on any atom is 0.350 e. The highest BCUT2D eigenvalue weighted by Gasteiger charge is 2.26. The fourth-order valence-corrected chi connectivity index (χ4v) is 2.97. The highest BCUT2D eigenvalue weighted by Crippen LogP contribution is 2.32. The molecule has 1 aliphatic rings. The Balaban J connectivity index is 1.85. The van der Waals surface area contributed by atoms with E-state index < -0.39 is 0 Å². The Kier molecular flexibility index (Phi) is 2.89. The van der Waals surface area contributed by atoms with Crippen molar-refractivity contribution in [2.45, 2.75) is 19.4 Å². The summed E-state index contributed by atoms with van der Waals surface area (Å²) in [6.07, 6.45) is 0.747. The van der Waals surface area contributed by atoms with Gasteiger partial charge in [-0.05, 0) is 24.6 Å². The molecule has 0 radical (unpaired) electrons. The second kappa shape index (κ2) is 4.91. The van der Waals surface area contributed by atoms with E-state index in [1.54, 1.807) is 4.57 Å². The van der Waals surface area contributed by atoms with Crippen LogP contribution < -0.4 is 5.69 Å². The first kappa shape index (κ1) is 13.0. The lowest BCUT2D eigenvalue weighted by atomic mass is 10.0. The highest BCUT2D eigenvalue weighted by atomic mass is 16.1. The van der Waals surface area contributed by atoms with Crippen LogP contribution in [0, 0.1) is 0 Å². The summed E-state index contributed by atoms with van der Waals surface area (Å²) in [5.41, 5.74) is 2.68. The third kappa shape index (κ3) is 1.96. The zero-order valence-corrected chi connectivity index (χ0v) is 12.2. The van der Waals surface area contributed by atoms with E-state index in [4.69, 9.17) is 4.99 Å². The average Bonchev–Trinajstić information content (AvgIpc) is 2.86. The van der Waals surface area contributed by atoms with Crippen LogP contribution in [0.15, 0.2) is 64.4 Å². The molecule has 0 amide bonds. The second-order valence-corrected chi connectivity index (χ2v) is 5.55. The summed E-state index contributed by atoms with van der Waals surface area (Å²) in [7, 11) is 0. The number of aromatic nitrogens is 2. The number of para-hydroxylation sites is 1. The minimum absolute atomic E-state index is 0.0557. The normalized spacial score (nSPS) is 16.6. The molecule has 2 heterocycles. The molecule has 1 aliphatic heterocycles. The molecule has 4 heteroatoms. The van der Waals surface area contributed by atoms with Crippen molar-refractivity contribution in [2.24, 2.45) is 4.99 Å². The van der Waals surface area contributed by atoms with Crippen LogP contribution in [-0.4, -0.2) is 15.3 Å². The summed E-state index contributed by atoms with van der Waals surface area (Å²) in [5, 5.41) is 0.928. The fourth-order valence-electron chi connectivity index (χ4n) is 2.97. The zero-order valence-electron chi connectivity index (χ0n) is 12.2. The minimum Gasteiger partial charge on any atom is -0.267 e. The molecule has 0 fully saturated rings. The van der Waals surface area contributed by atoms with Crippen LogP contribution in [0.25, 0.3) is 10.9 Å². The van der Waals surface area contributed by atoms with Gasteiger partial charge in [-0.2, -0.15) is 4.98 Å². The van der Waals surface area contributed by atoms with Crippen LogP contribution in [0.4, 0.5) is 5.82 Å². The van der Waals surface area contributed by atoms with Gasteiger partial charge >= 0.3 is 5.69 Å². The van der Waals surface area contributed by atoms with Crippen molar-refractivity contribution in [2.75, 3.05) is 0 Å². The van der Waals surface area contributed by atoms with Crippen molar-refractivity contribution in [1.29, 1.82) is 0 Å². The second-order valence-electron chi connectivity index (χ2n) is 5.55. The average molecular weight is 289 g/mol. The van der Waals surface area contributed by atoms with Gasteiger partial charge in [0.25, 0.3) is 0 Å². The van der Waals surface area contributed by atoms with E-state index in [9.17, 15) is 4.79 Å². The van der Waals surface area contributed by atoms with Gasteiger partial charge in [-0.3, -0.25) is 4.57 Å². The summed E-state index contributed by atoms with van der Waals surface area (Å²) in [4.78, 5) is 21.2. The number of benzene rings is 2. The van der Waals surface area contributed by atoms with Gasteiger partial charge in [0, 0.05) is 17.5 Å². The van der Waals surface area contributed by atoms with Gasteiger partial charge in [-0.15, -0.1) is 0 Å². The van der Waals surface area contributed by atoms with Gasteiger partial charge < -0.3 is 0 Å². The van der Waals surface area contributed by atoms with E-state index in [1.807, 2.05) is 49.4 Å². The number of hydrogen-bond donors (Lipinski definition) is 0. The first-order valence-corrected chi connectivity index (χ1v) is 7.37. The Morgan fingerprint density at radius 1 is 1.05 bits per heavy atom. The number of rotatable bonds is 2. The Labute approximate surface area is 127 Å². The molecule has 1 atom stereocenters. The van der Waals surface area contributed by atoms with Crippen molar-refractivity contribution in [3.05, 3.63) is 70.6 Å². The molecule has 108 valence electrons. The van der Waals surface area contributed by atoms with Crippen molar-refractivity contribution in [1.82, 2.24) is 9.55 Å². The molecule has 0 N–H and O–H groups in total. The van der Waals surface area contributed by atoms with Gasteiger partial charge in [0.1, 0.15) is 5.82 Å². The van der Waals surface area contributed by atoms with Crippen molar-refractivity contribution >= 4 is 22.4 Å². The quantitative estimate of drug-likeness (QED) is 0.727. The molecule has 0 bridgehead atoms. The highest BCUT2D eigenvalue weighted by molar-refractivity contribution is 5.99. The molecule has 22 heavy (non-hydrogen) atoms. The Hall–Kier alpha value is -2.75. The van der Waals surface area contributed by atoms with Crippen LogP contribution in [0.1, 0.15) is 18.5 Å². The van der Waals surface area contributed by atoms with Crippen LogP contribution >= 0.6 is 0 Å². The SMILES string of the molecule is CC1C(Cc2ccccc2)=Nc2c3ccccc3nc(=O)n21. The first-order chi connectivity index (χ1) is 10.7. The van der Waals surface area contributed by atoms with Crippen LogP contribution in [-0.2, 0) is 6.42 Å².